The van der Waals surface area contributed by atoms with Gasteiger partial charge in [-0.15, -0.1) is 0 Å². The Morgan fingerprint density at radius 1 is 1.16 bits per heavy atom. The minimum atomic E-state index is -4.15. The quantitative estimate of drug-likeness (QED) is 0.416. The number of alkyl halides is 3. The van der Waals surface area contributed by atoms with Gasteiger partial charge in [0.25, 0.3) is 0 Å². The third-order valence-electron chi connectivity index (χ3n) is 3.50. The Hall–Kier alpha value is -2.10. The molecule has 0 aromatic heterocycles. The van der Waals surface area contributed by atoms with Crippen LogP contribution < -0.4 is 5.32 Å². The van der Waals surface area contributed by atoms with Gasteiger partial charge in [-0.05, 0) is 30.9 Å². The van der Waals surface area contributed by atoms with Crippen LogP contribution in [0.3, 0.4) is 0 Å². The second kappa shape index (κ2) is 8.32. The summed E-state index contributed by atoms with van der Waals surface area (Å²) in [6, 6.07) is 2.18. The fourth-order valence-corrected chi connectivity index (χ4v) is 2.25. The molecule has 11 heteroatoms. The van der Waals surface area contributed by atoms with E-state index in [1.54, 1.807) is 0 Å². The molecule has 0 atom stereocenters. The summed E-state index contributed by atoms with van der Waals surface area (Å²) in [5, 5.41) is 16.8. The summed E-state index contributed by atoms with van der Waals surface area (Å²) in [5.41, 5.74) is 0.00172. The average molecular weight is 390 g/mol. The number of nitrogens with one attached hydrogen (secondary N) is 1. The molecule has 1 aliphatic carbocycles. The van der Waals surface area contributed by atoms with Crippen molar-refractivity contribution in [2.45, 2.75) is 19.0 Å². The number of hydrogen-bond acceptors (Lipinski definition) is 3. The van der Waals surface area contributed by atoms with E-state index in [4.69, 9.17) is 31.4 Å². The van der Waals surface area contributed by atoms with Gasteiger partial charge < -0.3 is 15.5 Å². The predicted molar refractivity (Wildman–Crippen MR) is 77.4 cm³/mol. The third kappa shape index (κ3) is 6.04. The van der Waals surface area contributed by atoms with Gasteiger partial charge in [0.1, 0.15) is 10.8 Å². The van der Waals surface area contributed by atoms with Crippen molar-refractivity contribution in [2.24, 2.45) is 11.8 Å². The molecule has 0 radical (unpaired) electrons. The fourth-order valence-electron chi connectivity index (χ4n) is 2.09. The molecule has 1 aliphatic rings. The van der Waals surface area contributed by atoms with Gasteiger partial charge in [0.05, 0.1) is 11.6 Å². The molecular formula is C14H13ClF5NO4. The Kier molecular flexibility index (Phi) is 6.97. The first kappa shape index (κ1) is 20.9. The highest BCUT2D eigenvalue weighted by Crippen LogP contribution is 2.44. The summed E-state index contributed by atoms with van der Waals surface area (Å²) >= 11 is 5.39. The summed E-state index contributed by atoms with van der Waals surface area (Å²) < 4.78 is 63.2. The Bertz CT molecular complexity index is 635. The van der Waals surface area contributed by atoms with Crippen LogP contribution in [0.1, 0.15) is 12.8 Å². The number of carboxylic acids is 2. The van der Waals surface area contributed by atoms with Gasteiger partial charge in [0, 0.05) is 6.54 Å². The highest BCUT2D eigenvalue weighted by molar-refractivity contribution is 6.31. The van der Waals surface area contributed by atoms with Crippen LogP contribution in [0.15, 0.2) is 12.1 Å². The normalized spacial score (nSPS) is 19.3. The minimum Gasteiger partial charge on any atom is -0.473 e. The number of aliphatic carboxylic acids is 2. The van der Waals surface area contributed by atoms with Gasteiger partial charge in [-0.1, -0.05) is 11.6 Å². The number of benzene rings is 1. The zero-order valence-corrected chi connectivity index (χ0v) is 13.2. The van der Waals surface area contributed by atoms with Crippen LogP contribution in [0.2, 0.25) is 5.02 Å². The van der Waals surface area contributed by atoms with Crippen LogP contribution in [0, 0.1) is 23.5 Å². The molecule has 0 unspecified atom stereocenters. The third-order valence-corrected chi connectivity index (χ3v) is 3.84. The van der Waals surface area contributed by atoms with Gasteiger partial charge >= 0.3 is 18.1 Å². The van der Waals surface area contributed by atoms with Crippen LogP contribution in [0.5, 0.6) is 0 Å². The maximum atomic E-state index is 13.5. The summed E-state index contributed by atoms with van der Waals surface area (Å²) in [6.07, 6.45) is -4.08. The average Bonchev–Trinajstić information content (AvgIpc) is 2.44. The lowest BCUT2D eigenvalue weighted by atomic mass is 9.74. The summed E-state index contributed by atoms with van der Waals surface area (Å²) in [6.45, 7) is 0.214. The molecule has 0 amide bonds. The number of carboxylic acid groups (broad SMARTS) is 2. The summed E-state index contributed by atoms with van der Waals surface area (Å²) in [4.78, 5) is 18.2. The molecule has 1 aromatic rings. The monoisotopic (exact) mass is 389 g/mol. The first-order valence-electron chi connectivity index (χ1n) is 6.83. The number of hydrogen-bond donors (Lipinski definition) is 3. The lowest BCUT2D eigenvalue weighted by molar-refractivity contribution is -0.203. The molecule has 1 aromatic carbocycles. The van der Waals surface area contributed by atoms with Crippen molar-refractivity contribution in [2.75, 3.05) is 11.9 Å². The maximum Gasteiger partial charge on any atom is 0.414 e. The van der Waals surface area contributed by atoms with Gasteiger partial charge in [-0.3, -0.25) is 0 Å². The van der Waals surface area contributed by atoms with Gasteiger partial charge in [0.2, 0.25) is 0 Å². The molecule has 2 rings (SSSR count). The van der Waals surface area contributed by atoms with Crippen molar-refractivity contribution >= 4 is 29.2 Å². The SMILES string of the molecule is Fc1ccc(NCC2CC(C(F)(F)F)C2)c(F)c1Cl.O=C(O)C(=O)O. The smallest absolute Gasteiger partial charge is 0.414 e. The van der Waals surface area contributed by atoms with Crippen LogP contribution in [-0.2, 0) is 9.59 Å². The Balaban J connectivity index is 0.000000450. The van der Waals surface area contributed by atoms with Crippen molar-refractivity contribution in [3.8, 4) is 0 Å². The molecule has 0 saturated heterocycles. The molecule has 0 aliphatic heterocycles. The molecule has 1 saturated carbocycles. The lowest BCUT2D eigenvalue weighted by Gasteiger charge is -2.36. The zero-order chi connectivity index (χ0) is 19.4. The molecule has 0 heterocycles. The van der Waals surface area contributed by atoms with Crippen LogP contribution in [0.25, 0.3) is 0 Å². The standard InChI is InChI=1S/C12H11ClF5N.C2H2O4/c13-10-8(14)1-2-9(11(10)15)19-5-6-3-7(4-6)12(16,17)18;3-1(4)2(5)6/h1-2,6-7,19H,3-5H2;(H,3,4)(H,5,6). The predicted octanol–water partition coefficient (Wildman–Crippen LogP) is 3.77. The van der Waals surface area contributed by atoms with E-state index >= 15 is 0 Å². The zero-order valence-electron chi connectivity index (χ0n) is 12.4. The summed E-state index contributed by atoms with van der Waals surface area (Å²) in [5.74, 6) is -6.86. The molecule has 25 heavy (non-hydrogen) atoms. The molecule has 140 valence electrons. The lowest BCUT2D eigenvalue weighted by Crippen LogP contribution is -2.38. The highest BCUT2D eigenvalue weighted by Gasteiger charge is 2.47. The van der Waals surface area contributed by atoms with Crippen molar-refractivity contribution in [3.63, 3.8) is 0 Å². The van der Waals surface area contributed by atoms with Crippen LogP contribution in [0.4, 0.5) is 27.6 Å². The molecule has 0 spiro atoms. The van der Waals surface area contributed by atoms with E-state index in [1.165, 1.54) is 6.07 Å². The Morgan fingerprint density at radius 2 is 1.68 bits per heavy atom. The first-order chi connectivity index (χ1) is 11.4. The topological polar surface area (TPSA) is 86.6 Å². The highest BCUT2D eigenvalue weighted by atomic mass is 35.5. The number of rotatable bonds is 3. The van der Waals surface area contributed by atoms with E-state index in [2.05, 4.69) is 5.32 Å². The largest absolute Gasteiger partial charge is 0.473 e. The number of carbonyl (C=O) groups is 2. The second-order valence-corrected chi connectivity index (χ2v) is 5.67. The van der Waals surface area contributed by atoms with Crippen LogP contribution >= 0.6 is 11.6 Å². The molecule has 5 nitrogen and oxygen atoms in total. The maximum absolute atomic E-state index is 13.5. The van der Waals surface area contributed by atoms with E-state index in [0.29, 0.717) is 0 Å². The summed E-state index contributed by atoms with van der Waals surface area (Å²) in [7, 11) is 0. The number of halogens is 6. The van der Waals surface area contributed by atoms with Crippen molar-refractivity contribution in [1.82, 2.24) is 0 Å². The van der Waals surface area contributed by atoms with Crippen LogP contribution in [-0.4, -0.2) is 34.9 Å². The van der Waals surface area contributed by atoms with E-state index in [1.807, 2.05) is 0 Å². The molecular weight excluding hydrogens is 377 g/mol. The van der Waals surface area contributed by atoms with E-state index in [-0.39, 0.29) is 31.0 Å². The Morgan fingerprint density at radius 3 is 2.12 bits per heavy atom. The van der Waals surface area contributed by atoms with Gasteiger partial charge in [-0.25, -0.2) is 18.4 Å². The van der Waals surface area contributed by atoms with E-state index in [9.17, 15) is 22.0 Å². The van der Waals surface area contributed by atoms with Gasteiger partial charge in [-0.2, -0.15) is 13.2 Å². The van der Waals surface area contributed by atoms with Crippen molar-refractivity contribution in [1.29, 1.82) is 0 Å². The molecule has 3 N–H and O–H groups in total. The van der Waals surface area contributed by atoms with Crippen molar-refractivity contribution in [3.05, 3.63) is 28.8 Å². The molecule has 1 fully saturated rings. The van der Waals surface area contributed by atoms with Gasteiger partial charge in [0.15, 0.2) is 5.82 Å². The van der Waals surface area contributed by atoms with E-state index < -0.39 is 40.7 Å². The second-order valence-electron chi connectivity index (χ2n) is 5.29. The van der Waals surface area contributed by atoms with Crippen molar-refractivity contribution < 1.29 is 41.8 Å². The first-order valence-corrected chi connectivity index (χ1v) is 7.21. The Labute approximate surface area is 143 Å². The number of anilines is 1. The minimum absolute atomic E-state index is 0.00172. The fraction of sp³-hybridized carbons (Fsp3) is 0.429. The molecule has 0 bridgehead atoms. The van der Waals surface area contributed by atoms with E-state index in [0.717, 1.165) is 6.07 Å².